The van der Waals surface area contributed by atoms with E-state index in [1.807, 2.05) is 121 Å². The van der Waals surface area contributed by atoms with Crippen LogP contribution in [-0.4, -0.2) is 57.7 Å². The van der Waals surface area contributed by atoms with Gasteiger partial charge in [-0.05, 0) is 28.3 Å². The van der Waals surface area contributed by atoms with E-state index in [-0.39, 0.29) is 37.6 Å². The molecule has 9 heteroatoms. The number of oxime groups is 1. The minimum Gasteiger partial charge on any atom is -0.391 e. The van der Waals surface area contributed by atoms with Gasteiger partial charge < -0.3 is 29.3 Å². The molecule has 51 heavy (non-hydrogen) atoms. The molecule has 260 valence electrons. The first kappa shape index (κ1) is 34.3. The summed E-state index contributed by atoms with van der Waals surface area (Å²) in [5.41, 5.74) is -0.545. The van der Waals surface area contributed by atoms with E-state index in [1.165, 1.54) is 11.1 Å². The van der Waals surface area contributed by atoms with Crippen LogP contribution in [0.2, 0.25) is 0 Å². The molecule has 9 nitrogen and oxygen atoms in total. The number of benzene rings is 5. The van der Waals surface area contributed by atoms with Crippen molar-refractivity contribution >= 4 is 12.1 Å². The molecule has 7 rings (SSSR count). The summed E-state index contributed by atoms with van der Waals surface area (Å²) in [5.74, 6) is -0.496. The van der Waals surface area contributed by atoms with Crippen LogP contribution in [0.15, 0.2) is 151 Å². The van der Waals surface area contributed by atoms with Gasteiger partial charge in [0.25, 0.3) is 5.91 Å². The number of carbonyl (C=O) groups is 1. The molecule has 0 aliphatic carbocycles. The van der Waals surface area contributed by atoms with Crippen molar-refractivity contribution in [2.24, 2.45) is 5.16 Å². The first-order valence-electron chi connectivity index (χ1n) is 17.0. The minimum atomic E-state index is -2.30. The Labute approximate surface area is 297 Å². The number of hydrogen-bond acceptors (Lipinski definition) is 8. The van der Waals surface area contributed by atoms with Crippen LogP contribution in [0.3, 0.4) is 0 Å². The Morgan fingerprint density at radius 3 is 1.71 bits per heavy atom. The fraction of sp³-hybridized carbons (Fsp3) is 0.238. The highest BCUT2D eigenvalue weighted by atomic mass is 16.6. The van der Waals surface area contributed by atoms with Crippen LogP contribution in [0.1, 0.15) is 38.2 Å². The number of rotatable bonds is 14. The summed E-state index contributed by atoms with van der Waals surface area (Å²) in [4.78, 5) is 21.4. The highest BCUT2D eigenvalue weighted by Gasteiger charge is 2.72. The number of fused-ring (bicyclic) bond motifs is 3. The second-order valence-electron chi connectivity index (χ2n) is 12.8. The first-order chi connectivity index (χ1) is 25.0. The Morgan fingerprint density at radius 2 is 1.12 bits per heavy atom. The Balaban J connectivity index is 1.32. The maximum atomic E-state index is 14.4. The molecule has 0 radical (unpaired) electrons. The first-order valence-corrected chi connectivity index (χ1v) is 17.0. The Hall–Kier alpha value is -5.16. The molecule has 2 N–H and O–H groups in total. The van der Waals surface area contributed by atoms with Gasteiger partial charge in [0, 0.05) is 11.1 Å². The number of nitrogens with zero attached hydrogens (tertiary/aromatic N) is 2. The van der Waals surface area contributed by atoms with Crippen molar-refractivity contribution in [3.05, 3.63) is 179 Å². The van der Waals surface area contributed by atoms with Gasteiger partial charge in [-0.25, -0.2) is 0 Å². The highest BCUT2D eigenvalue weighted by molar-refractivity contribution is 6.02. The van der Waals surface area contributed by atoms with E-state index in [1.54, 1.807) is 24.3 Å². The lowest BCUT2D eigenvalue weighted by molar-refractivity contribution is -0.335. The van der Waals surface area contributed by atoms with Crippen molar-refractivity contribution < 1.29 is 34.1 Å². The summed E-state index contributed by atoms with van der Waals surface area (Å²) >= 11 is 0. The molecule has 0 aromatic heterocycles. The van der Waals surface area contributed by atoms with Gasteiger partial charge in [-0.2, -0.15) is 0 Å². The fourth-order valence-electron chi connectivity index (χ4n) is 6.94. The van der Waals surface area contributed by atoms with Gasteiger partial charge in [-0.1, -0.05) is 145 Å². The zero-order valence-electron chi connectivity index (χ0n) is 28.0. The van der Waals surface area contributed by atoms with Crippen LogP contribution in [0.25, 0.3) is 0 Å². The van der Waals surface area contributed by atoms with Crippen molar-refractivity contribution in [3.63, 3.8) is 0 Å². The largest absolute Gasteiger partial charge is 0.391 e. The maximum absolute atomic E-state index is 14.4. The van der Waals surface area contributed by atoms with E-state index in [0.29, 0.717) is 0 Å². The molecule has 1 amide bonds. The monoisotopic (exact) mass is 684 g/mol. The molecule has 0 bridgehead atoms. The predicted molar refractivity (Wildman–Crippen MR) is 191 cm³/mol. The normalized spacial score (nSPS) is 24.0. The smallest absolute Gasteiger partial charge is 0.257 e. The topological polar surface area (TPSA) is 110 Å². The Bertz CT molecular complexity index is 1910. The molecule has 0 spiro atoms. The van der Waals surface area contributed by atoms with Crippen molar-refractivity contribution in [2.75, 3.05) is 6.61 Å². The van der Waals surface area contributed by atoms with Gasteiger partial charge in [-0.3, -0.25) is 9.69 Å². The van der Waals surface area contributed by atoms with E-state index >= 15 is 0 Å². The summed E-state index contributed by atoms with van der Waals surface area (Å²) in [6, 6.07) is 44.0. The number of ether oxygens (including phenoxy) is 3. The summed E-state index contributed by atoms with van der Waals surface area (Å²) in [7, 11) is 0. The summed E-state index contributed by atoms with van der Waals surface area (Å²) < 4.78 is 19.5. The lowest BCUT2D eigenvalue weighted by atomic mass is 9.73. The van der Waals surface area contributed by atoms with Crippen molar-refractivity contribution in [1.29, 1.82) is 0 Å². The third-order valence-corrected chi connectivity index (χ3v) is 9.46. The molecule has 0 saturated carbocycles. The molecule has 5 aromatic rings. The standard InChI is InChI=1S/C42H40N2O7/c45-40-35-23-13-14-24-36(35)42(47)41(46,30-48-26-31-15-5-1-6-16-31)39(50-28-33-19-9-3-10-20-33)38(49-27-32-17-7-2-8-18-32)37(44(40)42)25-43-51-29-34-21-11-4-12-22-34/h1-25,37-39,46-47H,26-30H2/b43-25-/t37-,38+,39-,41?,42?/m0/s1. The zero-order valence-corrected chi connectivity index (χ0v) is 28.0. The van der Waals surface area contributed by atoms with Crippen molar-refractivity contribution in [1.82, 2.24) is 4.90 Å². The second kappa shape index (κ2) is 15.4. The molecule has 5 aromatic carbocycles. The molecule has 2 heterocycles. The van der Waals surface area contributed by atoms with Crippen LogP contribution in [-0.2, 0) is 51.2 Å². The average Bonchev–Trinajstić information content (AvgIpc) is 3.41. The average molecular weight is 685 g/mol. The second-order valence-corrected chi connectivity index (χ2v) is 12.8. The third kappa shape index (κ3) is 6.95. The van der Waals surface area contributed by atoms with Gasteiger partial charge in [-0.15, -0.1) is 0 Å². The quantitative estimate of drug-likeness (QED) is 0.109. The van der Waals surface area contributed by atoms with E-state index in [4.69, 9.17) is 19.0 Å². The van der Waals surface area contributed by atoms with E-state index in [2.05, 4.69) is 5.16 Å². The molecule has 5 atom stereocenters. The van der Waals surface area contributed by atoms with Crippen LogP contribution in [0, 0.1) is 0 Å². The molecular formula is C42H40N2O7. The van der Waals surface area contributed by atoms with Crippen molar-refractivity contribution in [2.45, 2.75) is 56.0 Å². The lowest BCUT2D eigenvalue weighted by Gasteiger charge is -2.58. The molecule has 2 aliphatic heterocycles. The van der Waals surface area contributed by atoms with E-state index < -0.39 is 42.1 Å². The maximum Gasteiger partial charge on any atom is 0.257 e. The molecule has 1 fully saturated rings. The van der Waals surface area contributed by atoms with Gasteiger partial charge >= 0.3 is 0 Å². The van der Waals surface area contributed by atoms with Crippen LogP contribution < -0.4 is 0 Å². The molecule has 2 unspecified atom stereocenters. The zero-order chi connectivity index (χ0) is 35.1. The number of carbonyl (C=O) groups excluding carboxylic acids is 1. The van der Waals surface area contributed by atoms with E-state index in [0.717, 1.165) is 22.3 Å². The summed E-state index contributed by atoms with van der Waals surface area (Å²) in [5, 5.41) is 30.5. The van der Waals surface area contributed by atoms with Crippen LogP contribution in [0.4, 0.5) is 0 Å². The number of aliphatic hydroxyl groups is 2. The lowest BCUT2D eigenvalue weighted by Crippen LogP contribution is -2.79. The Morgan fingerprint density at radius 1 is 0.627 bits per heavy atom. The number of piperidine rings is 1. The van der Waals surface area contributed by atoms with Gasteiger partial charge in [0.05, 0.1) is 32.6 Å². The fourth-order valence-corrected chi connectivity index (χ4v) is 6.94. The summed E-state index contributed by atoms with van der Waals surface area (Å²) in [6.07, 6.45) is -0.818. The van der Waals surface area contributed by atoms with Crippen LogP contribution in [0.5, 0.6) is 0 Å². The van der Waals surface area contributed by atoms with E-state index in [9.17, 15) is 15.0 Å². The SMILES string of the molecule is O=C1c2ccccc2C2(O)N1[C@@H](/C=N\OCc1ccccc1)[C@@H](OCc1ccccc1)[C@H](OCc1ccccc1)C2(O)COCc1ccccc1. The van der Waals surface area contributed by atoms with Crippen LogP contribution >= 0.6 is 0 Å². The molecule has 2 aliphatic rings. The van der Waals surface area contributed by atoms with Gasteiger partial charge in [0.2, 0.25) is 5.72 Å². The predicted octanol–water partition coefficient (Wildman–Crippen LogP) is 5.99. The Kier molecular flexibility index (Phi) is 10.3. The van der Waals surface area contributed by atoms with Gasteiger partial charge in [0.15, 0.2) is 5.60 Å². The highest BCUT2D eigenvalue weighted by Crippen LogP contribution is 2.53. The number of hydrogen-bond donors (Lipinski definition) is 2. The number of amides is 1. The van der Waals surface area contributed by atoms with Gasteiger partial charge in [0.1, 0.15) is 24.9 Å². The summed E-state index contributed by atoms with van der Waals surface area (Å²) in [6.45, 7) is 0.144. The van der Waals surface area contributed by atoms with Crippen molar-refractivity contribution in [3.8, 4) is 0 Å². The third-order valence-electron chi connectivity index (χ3n) is 9.46. The molecular weight excluding hydrogens is 644 g/mol. The minimum absolute atomic E-state index is 0.0811. The molecule has 1 saturated heterocycles.